The van der Waals surface area contributed by atoms with Gasteiger partial charge >= 0.3 is 5.97 Å². The summed E-state index contributed by atoms with van der Waals surface area (Å²) in [6.07, 6.45) is 4.81. The van der Waals surface area contributed by atoms with Crippen molar-refractivity contribution < 1.29 is 18.8 Å². The van der Waals surface area contributed by atoms with Crippen molar-refractivity contribution in [3.8, 4) is 0 Å². The molecule has 3 atom stereocenters. The Kier molecular flexibility index (Phi) is 5.40. The van der Waals surface area contributed by atoms with E-state index in [0.29, 0.717) is 28.7 Å². The minimum Gasteiger partial charge on any atom is -0.456 e. The third-order valence-electron chi connectivity index (χ3n) is 5.70. The lowest BCUT2D eigenvalue weighted by Gasteiger charge is -2.33. The van der Waals surface area contributed by atoms with Crippen LogP contribution in [0.5, 0.6) is 0 Å². The van der Waals surface area contributed by atoms with Gasteiger partial charge in [0.15, 0.2) is 12.4 Å². The van der Waals surface area contributed by atoms with Crippen molar-refractivity contribution in [1.29, 1.82) is 0 Å². The van der Waals surface area contributed by atoms with Crippen LogP contribution in [0.15, 0.2) is 34.9 Å². The predicted molar refractivity (Wildman–Crippen MR) is 103 cm³/mol. The van der Waals surface area contributed by atoms with Crippen LogP contribution in [0, 0.1) is 12.8 Å². The topological polar surface area (TPSA) is 72.6 Å². The molecule has 28 heavy (non-hydrogen) atoms. The number of carbonyl (C=O) groups excluding carboxylic acids is 2. The standard InChI is InChI=1S/C21H23ClN2O4/c1-13-9-17(28-23-13)12-27-21(26)19-11-14-5-2-3-8-18(14)24(19)20(25)15-6-4-7-16(22)10-15/h4,6-7,9-10,14,18-19H,2-3,5,8,11-12H2,1H3/t14-,18-,19-/m0/s1. The average molecular weight is 403 g/mol. The number of benzene rings is 1. The van der Waals surface area contributed by atoms with Crippen molar-refractivity contribution >= 4 is 23.5 Å². The maximum Gasteiger partial charge on any atom is 0.329 e. The van der Waals surface area contributed by atoms with Crippen LogP contribution in [0.2, 0.25) is 5.02 Å². The molecule has 1 saturated carbocycles. The first-order valence-electron chi connectivity index (χ1n) is 9.70. The number of halogens is 1. The van der Waals surface area contributed by atoms with Gasteiger partial charge in [-0.1, -0.05) is 35.7 Å². The maximum atomic E-state index is 13.3. The fraction of sp³-hybridized carbons (Fsp3) is 0.476. The van der Waals surface area contributed by atoms with Gasteiger partial charge in [0.05, 0.1) is 5.69 Å². The Bertz CT molecular complexity index is 881. The fourth-order valence-electron chi connectivity index (χ4n) is 4.46. The SMILES string of the molecule is Cc1cc(COC(=O)[C@@H]2C[C@@H]3CCCC[C@@H]3N2C(=O)c2cccc(Cl)c2)on1. The zero-order valence-corrected chi connectivity index (χ0v) is 16.5. The van der Waals surface area contributed by atoms with E-state index < -0.39 is 6.04 Å². The number of fused-ring (bicyclic) bond motifs is 1. The minimum absolute atomic E-state index is 0.0186. The monoisotopic (exact) mass is 402 g/mol. The van der Waals surface area contributed by atoms with E-state index in [4.69, 9.17) is 20.9 Å². The highest BCUT2D eigenvalue weighted by Gasteiger charge is 2.48. The van der Waals surface area contributed by atoms with Gasteiger partial charge in [0.2, 0.25) is 0 Å². The van der Waals surface area contributed by atoms with Gasteiger partial charge in [0.1, 0.15) is 6.04 Å². The van der Waals surface area contributed by atoms with E-state index in [1.165, 1.54) is 0 Å². The molecule has 1 aliphatic heterocycles. The van der Waals surface area contributed by atoms with E-state index in [1.807, 2.05) is 6.92 Å². The molecule has 1 amide bonds. The molecule has 0 unspecified atom stereocenters. The van der Waals surface area contributed by atoms with E-state index in [-0.39, 0.29) is 24.5 Å². The second-order valence-corrected chi connectivity index (χ2v) is 8.06. The fourth-order valence-corrected chi connectivity index (χ4v) is 4.65. The number of carbonyl (C=O) groups is 2. The van der Waals surface area contributed by atoms with Crippen LogP contribution in [0.3, 0.4) is 0 Å². The minimum atomic E-state index is -0.580. The summed E-state index contributed by atoms with van der Waals surface area (Å²) in [6, 6.07) is 8.11. The van der Waals surface area contributed by atoms with E-state index in [9.17, 15) is 9.59 Å². The van der Waals surface area contributed by atoms with Crippen LogP contribution in [0.4, 0.5) is 0 Å². The Morgan fingerprint density at radius 2 is 2.11 bits per heavy atom. The smallest absolute Gasteiger partial charge is 0.329 e. The third-order valence-corrected chi connectivity index (χ3v) is 5.93. The van der Waals surface area contributed by atoms with E-state index in [2.05, 4.69) is 5.16 Å². The van der Waals surface area contributed by atoms with Crippen LogP contribution in [-0.4, -0.2) is 34.0 Å². The highest BCUT2D eigenvalue weighted by atomic mass is 35.5. The largest absolute Gasteiger partial charge is 0.456 e. The molecule has 2 heterocycles. The summed E-state index contributed by atoms with van der Waals surface area (Å²) in [5.74, 6) is 0.282. The molecule has 0 spiro atoms. The van der Waals surface area contributed by atoms with Crippen molar-refractivity contribution in [1.82, 2.24) is 10.1 Å². The number of nitrogens with zero attached hydrogens (tertiary/aromatic N) is 2. The summed E-state index contributed by atoms with van der Waals surface area (Å²) in [7, 11) is 0. The molecule has 2 aromatic rings. The zero-order chi connectivity index (χ0) is 19.7. The lowest BCUT2D eigenvalue weighted by Crippen LogP contribution is -2.46. The lowest BCUT2D eigenvalue weighted by molar-refractivity contribution is -0.150. The van der Waals surface area contributed by atoms with Gasteiger partial charge in [-0.3, -0.25) is 4.79 Å². The number of ether oxygens (including phenoxy) is 1. The number of likely N-dealkylation sites (tertiary alicyclic amines) is 1. The molecule has 148 valence electrons. The first-order chi connectivity index (χ1) is 13.5. The number of hydrogen-bond donors (Lipinski definition) is 0. The summed E-state index contributed by atoms with van der Waals surface area (Å²) in [6.45, 7) is 1.83. The summed E-state index contributed by atoms with van der Waals surface area (Å²) in [4.78, 5) is 27.9. The molecule has 0 N–H and O–H groups in total. The summed E-state index contributed by atoms with van der Waals surface area (Å²) < 4.78 is 10.6. The molecule has 1 aliphatic carbocycles. The van der Waals surface area contributed by atoms with Gasteiger partial charge in [-0.25, -0.2) is 4.79 Å². The van der Waals surface area contributed by atoms with Crippen molar-refractivity contribution in [2.45, 2.75) is 57.7 Å². The number of esters is 1. The molecule has 7 heteroatoms. The van der Waals surface area contributed by atoms with Gasteiger partial charge in [-0.05, 0) is 50.3 Å². The Hall–Kier alpha value is -2.34. The van der Waals surface area contributed by atoms with Crippen LogP contribution >= 0.6 is 11.6 Å². The normalized spacial score (nSPS) is 24.1. The number of aryl methyl sites for hydroxylation is 1. The first kappa shape index (κ1) is 19.0. The highest BCUT2D eigenvalue weighted by Crippen LogP contribution is 2.41. The number of rotatable bonds is 4. The lowest BCUT2D eigenvalue weighted by atomic mass is 9.84. The molecule has 1 aromatic carbocycles. The van der Waals surface area contributed by atoms with Crippen LogP contribution in [0.1, 0.15) is 53.9 Å². The van der Waals surface area contributed by atoms with Crippen LogP contribution < -0.4 is 0 Å². The summed E-state index contributed by atoms with van der Waals surface area (Å²) in [5.41, 5.74) is 1.23. The molecular weight excluding hydrogens is 380 g/mol. The molecular formula is C21H23ClN2O4. The second kappa shape index (κ2) is 7.95. The summed E-state index contributed by atoms with van der Waals surface area (Å²) >= 11 is 6.07. The Morgan fingerprint density at radius 1 is 1.29 bits per heavy atom. The Morgan fingerprint density at radius 3 is 2.86 bits per heavy atom. The molecule has 4 rings (SSSR count). The van der Waals surface area contributed by atoms with Crippen molar-refractivity contribution in [3.63, 3.8) is 0 Å². The van der Waals surface area contributed by atoms with E-state index in [1.54, 1.807) is 35.2 Å². The zero-order valence-electron chi connectivity index (χ0n) is 15.8. The molecule has 2 aliphatic rings. The summed E-state index contributed by atoms with van der Waals surface area (Å²) in [5, 5.41) is 4.30. The average Bonchev–Trinajstić information content (AvgIpc) is 3.29. The quantitative estimate of drug-likeness (QED) is 0.718. The molecule has 6 nitrogen and oxygen atoms in total. The molecule has 0 bridgehead atoms. The van der Waals surface area contributed by atoms with E-state index >= 15 is 0 Å². The van der Waals surface area contributed by atoms with Gasteiger partial charge < -0.3 is 14.2 Å². The Labute approximate surface area is 168 Å². The van der Waals surface area contributed by atoms with Crippen molar-refractivity contribution in [3.05, 3.63) is 52.4 Å². The molecule has 2 fully saturated rings. The van der Waals surface area contributed by atoms with Gasteiger partial charge in [-0.2, -0.15) is 0 Å². The molecule has 1 aromatic heterocycles. The van der Waals surface area contributed by atoms with Crippen LogP contribution in [-0.2, 0) is 16.1 Å². The van der Waals surface area contributed by atoms with Gasteiger partial charge in [0, 0.05) is 22.7 Å². The Balaban J connectivity index is 1.54. The second-order valence-electron chi connectivity index (χ2n) is 7.63. The van der Waals surface area contributed by atoms with Crippen molar-refractivity contribution in [2.75, 3.05) is 0 Å². The van der Waals surface area contributed by atoms with Gasteiger partial charge in [0.25, 0.3) is 5.91 Å². The third kappa shape index (κ3) is 3.78. The molecule has 0 radical (unpaired) electrons. The number of amides is 1. The van der Waals surface area contributed by atoms with Gasteiger partial charge in [-0.15, -0.1) is 0 Å². The maximum absolute atomic E-state index is 13.3. The predicted octanol–water partition coefficient (Wildman–Crippen LogP) is 4.15. The highest BCUT2D eigenvalue weighted by molar-refractivity contribution is 6.31. The van der Waals surface area contributed by atoms with Crippen molar-refractivity contribution in [2.24, 2.45) is 5.92 Å². The number of hydrogen-bond acceptors (Lipinski definition) is 5. The van der Waals surface area contributed by atoms with Crippen LogP contribution in [0.25, 0.3) is 0 Å². The van der Waals surface area contributed by atoms with E-state index in [0.717, 1.165) is 31.4 Å². The first-order valence-corrected chi connectivity index (χ1v) is 10.1. The molecule has 1 saturated heterocycles. The number of aromatic nitrogens is 1.